The highest BCUT2D eigenvalue weighted by atomic mass is 16.5. The minimum atomic E-state index is -0.431. The first kappa shape index (κ1) is 20.0. The number of carbonyl (C=O) groups is 1. The Hall–Kier alpha value is -3.90. The molecule has 0 spiro atoms. The van der Waals surface area contributed by atoms with Crippen LogP contribution in [0.15, 0.2) is 88.1 Å². The second kappa shape index (κ2) is 8.69. The second-order valence-electron chi connectivity index (χ2n) is 7.67. The molecular formula is C26H22N2O4. The van der Waals surface area contributed by atoms with Gasteiger partial charge in [-0.2, -0.15) is 0 Å². The summed E-state index contributed by atoms with van der Waals surface area (Å²) in [6.45, 7) is 3.18. The van der Waals surface area contributed by atoms with E-state index in [1.807, 2.05) is 42.5 Å². The van der Waals surface area contributed by atoms with Crippen molar-refractivity contribution >= 4 is 28.3 Å². The number of fused-ring (bicyclic) bond motifs is 1. The van der Waals surface area contributed by atoms with Gasteiger partial charge >= 0.3 is 5.63 Å². The Morgan fingerprint density at radius 1 is 0.875 bits per heavy atom. The van der Waals surface area contributed by atoms with E-state index in [0.717, 1.165) is 37.4 Å². The number of benzene rings is 3. The molecule has 3 aromatic carbocycles. The van der Waals surface area contributed by atoms with E-state index in [-0.39, 0.29) is 5.91 Å². The largest absolute Gasteiger partial charge is 0.422 e. The lowest BCUT2D eigenvalue weighted by molar-refractivity contribution is 0.102. The van der Waals surface area contributed by atoms with Crippen LogP contribution in [0.1, 0.15) is 10.4 Å². The number of nitrogens with one attached hydrogen (secondary N) is 1. The minimum Gasteiger partial charge on any atom is -0.422 e. The average molecular weight is 426 g/mol. The zero-order chi connectivity index (χ0) is 21.9. The van der Waals surface area contributed by atoms with E-state index in [2.05, 4.69) is 10.2 Å². The van der Waals surface area contributed by atoms with Crippen LogP contribution >= 0.6 is 0 Å². The van der Waals surface area contributed by atoms with Crippen LogP contribution in [0.25, 0.3) is 22.1 Å². The predicted molar refractivity (Wildman–Crippen MR) is 125 cm³/mol. The third-order valence-corrected chi connectivity index (χ3v) is 5.58. The first-order valence-corrected chi connectivity index (χ1v) is 10.5. The maximum absolute atomic E-state index is 12.8. The quantitative estimate of drug-likeness (QED) is 0.485. The van der Waals surface area contributed by atoms with E-state index < -0.39 is 5.63 Å². The average Bonchev–Trinajstić information content (AvgIpc) is 2.84. The number of amides is 1. The summed E-state index contributed by atoms with van der Waals surface area (Å²) in [5.74, 6) is -0.240. The van der Waals surface area contributed by atoms with E-state index in [9.17, 15) is 9.59 Å². The number of nitrogens with zero attached hydrogens (tertiary/aromatic N) is 1. The van der Waals surface area contributed by atoms with Gasteiger partial charge in [0.05, 0.1) is 18.8 Å². The molecule has 1 saturated heterocycles. The summed E-state index contributed by atoms with van der Waals surface area (Å²) in [5, 5.41) is 3.76. The Kier molecular flexibility index (Phi) is 5.44. The predicted octanol–water partition coefficient (Wildman–Crippen LogP) is 4.55. The van der Waals surface area contributed by atoms with Crippen molar-refractivity contribution in [1.29, 1.82) is 0 Å². The molecule has 1 N–H and O–H groups in total. The van der Waals surface area contributed by atoms with Gasteiger partial charge in [0, 0.05) is 35.4 Å². The highest BCUT2D eigenvalue weighted by Gasteiger charge is 2.13. The third-order valence-electron chi connectivity index (χ3n) is 5.58. The van der Waals surface area contributed by atoms with Crippen molar-refractivity contribution in [2.24, 2.45) is 0 Å². The molecule has 5 rings (SSSR count). The van der Waals surface area contributed by atoms with E-state index in [0.29, 0.717) is 28.0 Å². The number of ether oxygens (including phenoxy) is 1. The van der Waals surface area contributed by atoms with Crippen LogP contribution in [0, 0.1) is 0 Å². The van der Waals surface area contributed by atoms with Crippen molar-refractivity contribution in [3.63, 3.8) is 0 Å². The van der Waals surface area contributed by atoms with E-state index in [1.165, 1.54) is 0 Å². The number of anilines is 2. The number of morpholine rings is 1. The zero-order valence-corrected chi connectivity index (χ0v) is 17.4. The SMILES string of the molecule is O=C(Nc1ccc(N2CCOCC2)cc1)c1cccc(-c2cc3ccccc3oc2=O)c1. The van der Waals surface area contributed by atoms with Crippen LogP contribution in [-0.4, -0.2) is 32.2 Å². The van der Waals surface area contributed by atoms with Gasteiger partial charge in [0.25, 0.3) is 5.91 Å². The van der Waals surface area contributed by atoms with Gasteiger partial charge in [0.15, 0.2) is 0 Å². The normalized spacial score (nSPS) is 13.8. The lowest BCUT2D eigenvalue weighted by atomic mass is 10.0. The molecule has 0 bridgehead atoms. The molecule has 1 fully saturated rings. The first-order valence-electron chi connectivity index (χ1n) is 10.5. The number of hydrogen-bond acceptors (Lipinski definition) is 5. The molecule has 1 aliphatic heterocycles. The van der Waals surface area contributed by atoms with Gasteiger partial charge in [0.2, 0.25) is 0 Å². The van der Waals surface area contributed by atoms with Crippen molar-refractivity contribution in [1.82, 2.24) is 0 Å². The first-order chi connectivity index (χ1) is 15.7. The highest BCUT2D eigenvalue weighted by molar-refractivity contribution is 6.05. The molecule has 0 unspecified atom stereocenters. The van der Waals surface area contributed by atoms with E-state index in [4.69, 9.17) is 9.15 Å². The molecule has 0 radical (unpaired) electrons. The molecule has 1 aromatic heterocycles. The minimum absolute atomic E-state index is 0.240. The molecule has 32 heavy (non-hydrogen) atoms. The fourth-order valence-electron chi connectivity index (χ4n) is 3.87. The molecule has 0 saturated carbocycles. The molecule has 160 valence electrons. The Morgan fingerprint density at radius 3 is 2.47 bits per heavy atom. The van der Waals surface area contributed by atoms with Gasteiger partial charge in [-0.3, -0.25) is 4.79 Å². The molecule has 0 atom stereocenters. The van der Waals surface area contributed by atoms with Crippen molar-refractivity contribution in [3.05, 3.63) is 94.8 Å². The fourth-order valence-corrected chi connectivity index (χ4v) is 3.87. The molecule has 6 nitrogen and oxygen atoms in total. The number of para-hydroxylation sites is 1. The standard InChI is InChI=1S/C26H22N2O4/c29-25(27-21-8-10-22(11-9-21)28-12-14-31-15-13-28)20-6-3-5-18(16-20)23-17-19-4-1-2-7-24(19)32-26(23)30/h1-11,16-17H,12-15H2,(H,27,29). The maximum atomic E-state index is 12.8. The Morgan fingerprint density at radius 2 is 1.66 bits per heavy atom. The second-order valence-corrected chi connectivity index (χ2v) is 7.67. The monoisotopic (exact) mass is 426 g/mol. The van der Waals surface area contributed by atoms with Crippen LogP contribution in [0.4, 0.5) is 11.4 Å². The highest BCUT2D eigenvalue weighted by Crippen LogP contribution is 2.23. The van der Waals surface area contributed by atoms with Crippen LogP contribution < -0.4 is 15.8 Å². The van der Waals surface area contributed by atoms with Gasteiger partial charge in [-0.05, 0) is 54.1 Å². The molecule has 0 aliphatic carbocycles. The Balaban J connectivity index is 1.36. The van der Waals surface area contributed by atoms with Gasteiger partial charge in [-0.15, -0.1) is 0 Å². The number of carbonyl (C=O) groups excluding carboxylic acids is 1. The van der Waals surface area contributed by atoms with Gasteiger partial charge < -0.3 is 19.4 Å². The number of rotatable bonds is 4. The van der Waals surface area contributed by atoms with Crippen LogP contribution in [0.3, 0.4) is 0 Å². The fraction of sp³-hybridized carbons (Fsp3) is 0.154. The summed E-state index contributed by atoms with van der Waals surface area (Å²) in [5.41, 5.74) is 3.45. The van der Waals surface area contributed by atoms with Crippen LogP contribution in [-0.2, 0) is 4.74 Å². The number of hydrogen-bond donors (Lipinski definition) is 1. The van der Waals surface area contributed by atoms with Crippen molar-refractivity contribution < 1.29 is 13.9 Å². The lowest BCUT2D eigenvalue weighted by Crippen LogP contribution is -2.36. The Bertz CT molecular complexity index is 1320. The maximum Gasteiger partial charge on any atom is 0.344 e. The summed E-state index contributed by atoms with van der Waals surface area (Å²) in [6, 6.07) is 23.9. The summed E-state index contributed by atoms with van der Waals surface area (Å²) in [7, 11) is 0. The molecule has 1 amide bonds. The molecule has 6 heteroatoms. The van der Waals surface area contributed by atoms with Gasteiger partial charge in [-0.1, -0.05) is 30.3 Å². The summed E-state index contributed by atoms with van der Waals surface area (Å²) in [6.07, 6.45) is 0. The smallest absolute Gasteiger partial charge is 0.344 e. The molecule has 1 aliphatic rings. The van der Waals surface area contributed by atoms with Crippen molar-refractivity contribution in [2.45, 2.75) is 0 Å². The van der Waals surface area contributed by atoms with Crippen molar-refractivity contribution in [3.8, 4) is 11.1 Å². The molecule has 2 heterocycles. The topological polar surface area (TPSA) is 71.8 Å². The summed E-state index contributed by atoms with van der Waals surface area (Å²) in [4.78, 5) is 27.6. The summed E-state index contributed by atoms with van der Waals surface area (Å²) >= 11 is 0. The third kappa shape index (κ3) is 4.13. The van der Waals surface area contributed by atoms with Crippen molar-refractivity contribution in [2.75, 3.05) is 36.5 Å². The molecular weight excluding hydrogens is 404 g/mol. The van der Waals surface area contributed by atoms with Gasteiger partial charge in [-0.25, -0.2) is 4.79 Å². The van der Waals surface area contributed by atoms with E-state index in [1.54, 1.807) is 36.4 Å². The van der Waals surface area contributed by atoms with Crippen LogP contribution in [0.5, 0.6) is 0 Å². The zero-order valence-electron chi connectivity index (χ0n) is 17.4. The van der Waals surface area contributed by atoms with Crippen LogP contribution in [0.2, 0.25) is 0 Å². The Labute approximate surface area is 185 Å². The summed E-state index contributed by atoms with van der Waals surface area (Å²) < 4.78 is 10.8. The lowest BCUT2D eigenvalue weighted by Gasteiger charge is -2.28. The van der Waals surface area contributed by atoms with Gasteiger partial charge in [0.1, 0.15) is 5.58 Å². The van der Waals surface area contributed by atoms with E-state index >= 15 is 0 Å². The molecule has 4 aromatic rings.